The van der Waals surface area contributed by atoms with Crippen molar-refractivity contribution in [3.05, 3.63) is 40.0 Å². The van der Waals surface area contributed by atoms with Crippen LogP contribution >= 0.6 is 0 Å². The second-order valence-corrected chi connectivity index (χ2v) is 5.51. The number of benzene rings is 1. The molecule has 1 heterocycles. The van der Waals surface area contributed by atoms with Crippen LogP contribution in [0.2, 0.25) is 0 Å². The number of aliphatic carboxylic acids is 1. The van der Waals surface area contributed by atoms with E-state index < -0.39 is 10.9 Å². The molecule has 2 rings (SSSR count). The second-order valence-electron chi connectivity index (χ2n) is 5.51. The molecule has 1 fully saturated rings. The lowest BCUT2D eigenvalue weighted by Crippen LogP contribution is -2.27. The lowest BCUT2D eigenvalue weighted by Gasteiger charge is -2.25. The highest BCUT2D eigenvalue weighted by molar-refractivity contribution is 5.87. The van der Waals surface area contributed by atoms with Crippen molar-refractivity contribution in [2.45, 2.75) is 26.3 Å². The molecule has 1 aromatic rings. The molecule has 0 saturated carbocycles. The first-order valence-corrected chi connectivity index (χ1v) is 6.84. The van der Waals surface area contributed by atoms with Crippen molar-refractivity contribution in [1.29, 1.82) is 0 Å². The van der Waals surface area contributed by atoms with Gasteiger partial charge in [0.2, 0.25) is 0 Å². The third kappa shape index (κ3) is 3.39. The molecule has 1 aliphatic rings. The molecule has 0 aliphatic carbocycles. The molecule has 0 aromatic heterocycles. The molecular weight excluding hydrogens is 272 g/mol. The highest BCUT2D eigenvalue weighted by Crippen LogP contribution is 2.33. The predicted octanol–water partition coefficient (Wildman–Crippen LogP) is 2.93. The molecule has 1 aromatic carbocycles. The SMILES string of the molecule is CC1CC(C)N(c2ccc([N+](=O)[O-])cc2/C=C/C(=O)O)C1. The van der Waals surface area contributed by atoms with E-state index >= 15 is 0 Å². The fourth-order valence-electron chi connectivity index (χ4n) is 2.85. The summed E-state index contributed by atoms with van der Waals surface area (Å²) in [5.41, 5.74) is 1.37. The van der Waals surface area contributed by atoms with Crippen LogP contribution in [-0.2, 0) is 4.79 Å². The topological polar surface area (TPSA) is 83.7 Å². The number of anilines is 1. The van der Waals surface area contributed by atoms with Gasteiger partial charge in [0.1, 0.15) is 0 Å². The fraction of sp³-hybridized carbons (Fsp3) is 0.400. The predicted molar refractivity (Wildman–Crippen MR) is 80.4 cm³/mol. The van der Waals surface area contributed by atoms with Crippen LogP contribution in [0.4, 0.5) is 11.4 Å². The van der Waals surface area contributed by atoms with Crippen LogP contribution in [0.3, 0.4) is 0 Å². The highest BCUT2D eigenvalue weighted by Gasteiger charge is 2.28. The normalized spacial score (nSPS) is 21.9. The maximum absolute atomic E-state index is 10.9. The quantitative estimate of drug-likeness (QED) is 0.523. The summed E-state index contributed by atoms with van der Waals surface area (Å²) in [6.45, 7) is 5.14. The molecule has 112 valence electrons. The molecule has 1 aliphatic heterocycles. The van der Waals surface area contributed by atoms with E-state index in [2.05, 4.69) is 18.7 Å². The van der Waals surface area contributed by atoms with Gasteiger partial charge in [-0.2, -0.15) is 0 Å². The first kappa shape index (κ1) is 15.0. The number of nitro benzene ring substituents is 1. The Morgan fingerprint density at radius 1 is 1.48 bits per heavy atom. The number of hydrogen-bond donors (Lipinski definition) is 1. The molecule has 1 N–H and O–H groups in total. The number of carboxylic acids is 1. The Balaban J connectivity index is 2.44. The summed E-state index contributed by atoms with van der Waals surface area (Å²) in [6, 6.07) is 4.92. The standard InChI is InChI=1S/C15H18N2O4/c1-10-7-11(2)16(9-10)14-5-4-13(17(20)21)8-12(14)3-6-15(18)19/h3-6,8,10-11H,7,9H2,1-2H3,(H,18,19)/b6-3+. The third-order valence-corrected chi connectivity index (χ3v) is 3.72. The van der Waals surface area contributed by atoms with Gasteiger partial charge in [-0.3, -0.25) is 10.1 Å². The molecule has 2 atom stereocenters. The minimum Gasteiger partial charge on any atom is -0.478 e. The van der Waals surface area contributed by atoms with E-state index in [1.807, 2.05) is 0 Å². The summed E-state index contributed by atoms with van der Waals surface area (Å²) >= 11 is 0. The van der Waals surface area contributed by atoms with Crippen LogP contribution < -0.4 is 4.90 Å². The smallest absolute Gasteiger partial charge is 0.328 e. The van der Waals surface area contributed by atoms with E-state index in [0.717, 1.165) is 24.7 Å². The van der Waals surface area contributed by atoms with E-state index in [1.54, 1.807) is 6.07 Å². The van der Waals surface area contributed by atoms with Gasteiger partial charge in [-0.05, 0) is 31.4 Å². The van der Waals surface area contributed by atoms with E-state index in [9.17, 15) is 14.9 Å². The zero-order chi connectivity index (χ0) is 15.6. The Hall–Kier alpha value is -2.37. The van der Waals surface area contributed by atoms with Gasteiger partial charge in [0.05, 0.1) is 4.92 Å². The van der Waals surface area contributed by atoms with Gasteiger partial charge >= 0.3 is 5.97 Å². The number of nitrogens with zero attached hydrogens (tertiary/aromatic N) is 2. The number of non-ortho nitro benzene ring substituents is 1. The molecule has 6 heteroatoms. The Kier molecular flexibility index (Phi) is 4.26. The number of carboxylic acid groups (broad SMARTS) is 1. The summed E-state index contributed by atoms with van der Waals surface area (Å²) in [7, 11) is 0. The Morgan fingerprint density at radius 3 is 2.71 bits per heavy atom. The molecule has 0 spiro atoms. The van der Waals surface area contributed by atoms with Gasteiger partial charge in [0, 0.05) is 42.0 Å². The van der Waals surface area contributed by atoms with Crippen molar-refractivity contribution in [2.24, 2.45) is 5.92 Å². The average Bonchev–Trinajstić information content (AvgIpc) is 2.74. The van der Waals surface area contributed by atoms with Crippen LogP contribution in [0, 0.1) is 16.0 Å². The number of carbonyl (C=O) groups is 1. The lowest BCUT2D eigenvalue weighted by atomic mass is 10.1. The molecular formula is C15H18N2O4. The van der Waals surface area contributed by atoms with E-state index in [1.165, 1.54) is 18.2 Å². The summed E-state index contributed by atoms with van der Waals surface area (Å²) < 4.78 is 0. The van der Waals surface area contributed by atoms with Crippen molar-refractivity contribution in [2.75, 3.05) is 11.4 Å². The van der Waals surface area contributed by atoms with Gasteiger partial charge < -0.3 is 10.0 Å². The Bertz CT molecular complexity index is 597. The molecule has 21 heavy (non-hydrogen) atoms. The second kappa shape index (κ2) is 5.95. The summed E-state index contributed by atoms with van der Waals surface area (Å²) in [5.74, 6) is -0.526. The van der Waals surface area contributed by atoms with Crippen LogP contribution in [0.5, 0.6) is 0 Å². The van der Waals surface area contributed by atoms with E-state index in [-0.39, 0.29) is 5.69 Å². The maximum atomic E-state index is 10.9. The lowest BCUT2D eigenvalue weighted by molar-refractivity contribution is -0.384. The monoisotopic (exact) mass is 290 g/mol. The number of rotatable bonds is 4. The molecule has 0 bridgehead atoms. The van der Waals surface area contributed by atoms with Crippen molar-refractivity contribution in [3.63, 3.8) is 0 Å². The zero-order valence-corrected chi connectivity index (χ0v) is 12.0. The maximum Gasteiger partial charge on any atom is 0.328 e. The van der Waals surface area contributed by atoms with Gasteiger partial charge in [0.15, 0.2) is 0 Å². The Morgan fingerprint density at radius 2 is 2.19 bits per heavy atom. The van der Waals surface area contributed by atoms with E-state index in [0.29, 0.717) is 17.5 Å². The minimum atomic E-state index is -1.07. The van der Waals surface area contributed by atoms with Gasteiger partial charge in [-0.1, -0.05) is 6.92 Å². The first-order chi connectivity index (χ1) is 9.88. The summed E-state index contributed by atoms with van der Waals surface area (Å²) in [5, 5.41) is 19.7. The Labute approximate surface area is 122 Å². The number of nitro groups is 1. The molecule has 0 amide bonds. The molecule has 6 nitrogen and oxygen atoms in total. The van der Waals surface area contributed by atoms with Gasteiger partial charge in [0.25, 0.3) is 5.69 Å². The molecule has 1 saturated heterocycles. The molecule has 2 unspecified atom stereocenters. The van der Waals surface area contributed by atoms with Crippen LogP contribution in [0.1, 0.15) is 25.8 Å². The zero-order valence-electron chi connectivity index (χ0n) is 12.0. The average molecular weight is 290 g/mol. The fourth-order valence-corrected chi connectivity index (χ4v) is 2.85. The van der Waals surface area contributed by atoms with Crippen molar-refractivity contribution >= 4 is 23.4 Å². The van der Waals surface area contributed by atoms with Crippen LogP contribution in [0.15, 0.2) is 24.3 Å². The minimum absolute atomic E-state index is 0.0383. The van der Waals surface area contributed by atoms with Crippen molar-refractivity contribution in [1.82, 2.24) is 0 Å². The highest BCUT2D eigenvalue weighted by atomic mass is 16.6. The third-order valence-electron chi connectivity index (χ3n) is 3.72. The first-order valence-electron chi connectivity index (χ1n) is 6.84. The van der Waals surface area contributed by atoms with Crippen molar-refractivity contribution < 1.29 is 14.8 Å². The van der Waals surface area contributed by atoms with Crippen LogP contribution in [0.25, 0.3) is 6.08 Å². The van der Waals surface area contributed by atoms with E-state index in [4.69, 9.17) is 5.11 Å². The number of hydrogen-bond acceptors (Lipinski definition) is 4. The van der Waals surface area contributed by atoms with Gasteiger partial charge in [-0.15, -0.1) is 0 Å². The van der Waals surface area contributed by atoms with Gasteiger partial charge in [-0.25, -0.2) is 4.79 Å². The largest absolute Gasteiger partial charge is 0.478 e. The van der Waals surface area contributed by atoms with Crippen molar-refractivity contribution in [3.8, 4) is 0 Å². The van der Waals surface area contributed by atoms with Crippen LogP contribution in [-0.4, -0.2) is 28.6 Å². The summed E-state index contributed by atoms with van der Waals surface area (Å²) in [4.78, 5) is 23.3. The molecule has 0 radical (unpaired) electrons. The summed E-state index contributed by atoms with van der Waals surface area (Å²) in [6.07, 6.45) is 3.48.